The van der Waals surface area contributed by atoms with Crippen molar-refractivity contribution in [2.45, 2.75) is 48.5 Å². The number of carboxylic acids is 2. The zero-order valence-corrected chi connectivity index (χ0v) is 18.9. The first kappa shape index (κ1) is 21.9. The van der Waals surface area contributed by atoms with Gasteiger partial charge in [0.15, 0.2) is 0 Å². The Morgan fingerprint density at radius 3 is 1.50 bits per heavy atom. The number of nitrogens with one attached hydrogen (secondary N) is 4. The molecule has 8 N–H and O–H groups in total. The number of aliphatic carboxylic acids is 2. The topological polar surface area (TPSA) is 163 Å². The highest BCUT2D eigenvalue weighted by Gasteiger charge is 2.56. The number of carboxylic acid groups (broad SMARTS) is 2. The van der Waals surface area contributed by atoms with Crippen LogP contribution in [0, 0.1) is 0 Å². The molecule has 0 aliphatic carbocycles. The standard InChI is InChI=1S/C22H20Cl2N4O6/c23-11-3-13-9(21(33)5-15(17(29)30)27-19(21)25-13)1-7(11)8-2-10-14(4-12(8)24)26-20-22(10,34)6-16(28-20)18(31)32/h1-4,15-16,19-20,25-28,33-34H,5-6H2,(H,29,30)(H,31,32)/t15-,16-,19-,20-,21+,22+/m0/s1. The Bertz CT molecular complexity index is 1190. The van der Waals surface area contributed by atoms with Crippen LogP contribution >= 0.6 is 23.2 Å². The molecule has 0 spiro atoms. The minimum Gasteiger partial charge on any atom is -0.480 e. The van der Waals surface area contributed by atoms with Gasteiger partial charge in [-0.25, -0.2) is 0 Å². The van der Waals surface area contributed by atoms with Crippen LogP contribution in [0.25, 0.3) is 11.1 Å². The molecular formula is C22H20Cl2N4O6. The SMILES string of the molecule is O=C(O)[C@@H]1C[C@@]2(O)c3cc(-c4cc5c(cc4Cl)N[C@H]4N[C@H](C(=O)O)C[C@@]54O)c(Cl)cc3N[C@H]2N1. The molecule has 4 aliphatic heterocycles. The van der Waals surface area contributed by atoms with Crippen LogP contribution in [-0.2, 0) is 20.8 Å². The Kier molecular flexibility index (Phi) is 4.49. The second-order valence-corrected chi connectivity index (χ2v) is 10.1. The maximum atomic E-state index is 11.5. The van der Waals surface area contributed by atoms with Crippen LogP contribution in [0.3, 0.4) is 0 Å². The molecule has 34 heavy (non-hydrogen) atoms. The fourth-order valence-electron chi connectivity index (χ4n) is 5.65. The maximum Gasteiger partial charge on any atom is 0.320 e. The lowest BCUT2D eigenvalue weighted by Gasteiger charge is -2.23. The predicted octanol–water partition coefficient (Wildman–Crippen LogP) is 1.43. The lowest BCUT2D eigenvalue weighted by Crippen LogP contribution is -2.42. The molecule has 0 unspecified atom stereocenters. The number of carbonyl (C=O) groups is 2. The molecule has 178 valence electrons. The molecular weight excluding hydrogens is 487 g/mol. The summed E-state index contributed by atoms with van der Waals surface area (Å²) in [5.74, 6) is -2.11. The van der Waals surface area contributed by atoms with E-state index in [4.69, 9.17) is 23.2 Å². The van der Waals surface area contributed by atoms with Crippen molar-refractivity contribution in [1.29, 1.82) is 0 Å². The Hall–Kier alpha value is -2.60. The van der Waals surface area contributed by atoms with Crippen LogP contribution in [0.4, 0.5) is 11.4 Å². The van der Waals surface area contributed by atoms with Gasteiger partial charge >= 0.3 is 11.9 Å². The summed E-state index contributed by atoms with van der Waals surface area (Å²) >= 11 is 13.2. The summed E-state index contributed by atoms with van der Waals surface area (Å²) < 4.78 is 0. The van der Waals surface area contributed by atoms with Gasteiger partial charge in [-0.1, -0.05) is 23.2 Å². The number of hydrogen-bond acceptors (Lipinski definition) is 8. The van der Waals surface area contributed by atoms with Crippen LogP contribution in [0.5, 0.6) is 0 Å². The Labute approximate surface area is 202 Å². The molecule has 4 aliphatic rings. The third-order valence-corrected chi connectivity index (χ3v) is 7.98. The van der Waals surface area contributed by atoms with Crippen molar-refractivity contribution in [2.75, 3.05) is 10.6 Å². The highest BCUT2D eigenvalue weighted by molar-refractivity contribution is 6.37. The summed E-state index contributed by atoms with van der Waals surface area (Å²) in [4.78, 5) is 22.9. The van der Waals surface area contributed by atoms with Crippen molar-refractivity contribution in [3.05, 3.63) is 45.4 Å². The minimum atomic E-state index is -1.46. The molecule has 0 radical (unpaired) electrons. The molecule has 0 amide bonds. The van der Waals surface area contributed by atoms with Gasteiger partial charge in [-0.3, -0.25) is 20.2 Å². The molecule has 2 aromatic rings. The fourth-order valence-corrected chi connectivity index (χ4v) is 6.18. The van der Waals surface area contributed by atoms with E-state index in [9.17, 15) is 30.0 Å². The summed E-state index contributed by atoms with van der Waals surface area (Å²) in [5, 5.41) is 54.1. The number of halogens is 2. The molecule has 0 bridgehead atoms. The zero-order chi connectivity index (χ0) is 24.2. The van der Waals surface area contributed by atoms with Crippen LogP contribution < -0.4 is 21.3 Å². The lowest BCUT2D eigenvalue weighted by atomic mass is 9.86. The van der Waals surface area contributed by atoms with Gasteiger partial charge in [0.2, 0.25) is 0 Å². The van der Waals surface area contributed by atoms with Crippen LogP contribution in [0.15, 0.2) is 24.3 Å². The molecule has 4 heterocycles. The monoisotopic (exact) mass is 506 g/mol. The second-order valence-electron chi connectivity index (χ2n) is 9.28. The maximum absolute atomic E-state index is 11.5. The van der Waals surface area contributed by atoms with Crippen molar-refractivity contribution in [1.82, 2.24) is 10.6 Å². The van der Waals surface area contributed by atoms with Crippen molar-refractivity contribution in [2.24, 2.45) is 0 Å². The van der Waals surface area contributed by atoms with Crippen LogP contribution in [0.2, 0.25) is 10.0 Å². The highest BCUT2D eigenvalue weighted by atomic mass is 35.5. The number of rotatable bonds is 3. The number of anilines is 2. The van der Waals surface area contributed by atoms with Crippen molar-refractivity contribution < 1.29 is 30.0 Å². The van der Waals surface area contributed by atoms with Crippen molar-refractivity contribution in [3.63, 3.8) is 0 Å². The van der Waals surface area contributed by atoms with Crippen LogP contribution in [-0.4, -0.2) is 56.8 Å². The van der Waals surface area contributed by atoms with Gasteiger partial charge in [-0.15, -0.1) is 0 Å². The largest absolute Gasteiger partial charge is 0.480 e. The zero-order valence-electron chi connectivity index (χ0n) is 17.4. The van der Waals surface area contributed by atoms with Gasteiger partial charge in [0, 0.05) is 46.5 Å². The van der Waals surface area contributed by atoms with E-state index in [0.717, 1.165) is 0 Å². The molecule has 0 aromatic heterocycles. The van der Waals surface area contributed by atoms with E-state index in [0.29, 0.717) is 43.7 Å². The van der Waals surface area contributed by atoms with Gasteiger partial charge in [0.25, 0.3) is 0 Å². The molecule has 6 rings (SSSR count). The van der Waals surface area contributed by atoms with Crippen molar-refractivity contribution >= 4 is 46.5 Å². The normalized spacial score (nSPS) is 34.6. The molecule has 12 heteroatoms. The van der Waals surface area contributed by atoms with E-state index in [1.165, 1.54) is 0 Å². The number of benzene rings is 2. The van der Waals surface area contributed by atoms with Gasteiger partial charge in [0.05, 0.1) is 10.0 Å². The van der Waals surface area contributed by atoms with Gasteiger partial charge in [-0.05, 0) is 24.3 Å². The third-order valence-electron chi connectivity index (χ3n) is 7.35. The first-order chi connectivity index (χ1) is 16.0. The molecule has 2 saturated heterocycles. The van der Waals surface area contributed by atoms with E-state index in [-0.39, 0.29) is 12.8 Å². The fraction of sp³-hybridized carbons (Fsp3) is 0.364. The van der Waals surface area contributed by atoms with Gasteiger partial charge in [0.1, 0.15) is 35.6 Å². The molecule has 2 fully saturated rings. The van der Waals surface area contributed by atoms with E-state index in [2.05, 4.69) is 21.3 Å². The Balaban J connectivity index is 1.44. The first-order valence-corrected chi connectivity index (χ1v) is 11.4. The quantitative estimate of drug-likeness (QED) is 0.305. The number of hydrogen-bond donors (Lipinski definition) is 8. The van der Waals surface area contributed by atoms with E-state index >= 15 is 0 Å². The Morgan fingerprint density at radius 2 is 1.15 bits per heavy atom. The first-order valence-electron chi connectivity index (χ1n) is 10.7. The summed E-state index contributed by atoms with van der Waals surface area (Å²) in [7, 11) is 0. The molecule has 2 aromatic carbocycles. The van der Waals surface area contributed by atoms with E-state index in [1.807, 2.05) is 0 Å². The van der Waals surface area contributed by atoms with E-state index in [1.54, 1.807) is 24.3 Å². The average Bonchev–Trinajstić information content (AvgIpc) is 3.41. The molecule has 6 atom stereocenters. The summed E-state index contributed by atoms with van der Waals surface area (Å²) in [6.07, 6.45) is -1.43. The van der Waals surface area contributed by atoms with Crippen LogP contribution in [0.1, 0.15) is 24.0 Å². The molecule has 0 saturated carbocycles. The van der Waals surface area contributed by atoms with Gasteiger partial charge < -0.3 is 31.1 Å². The second kappa shape index (κ2) is 6.97. The summed E-state index contributed by atoms with van der Waals surface area (Å²) in [6.45, 7) is 0. The van der Waals surface area contributed by atoms with Crippen molar-refractivity contribution in [3.8, 4) is 11.1 Å². The highest BCUT2D eigenvalue weighted by Crippen LogP contribution is 2.52. The number of aliphatic hydroxyl groups is 2. The molecule has 10 nitrogen and oxygen atoms in total. The van der Waals surface area contributed by atoms with Gasteiger partial charge in [-0.2, -0.15) is 0 Å². The number of fused-ring (bicyclic) bond motifs is 6. The average molecular weight is 507 g/mol. The van der Waals surface area contributed by atoms with E-state index < -0.39 is 47.6 Å². The minimum absolute atomic E-state index is 0.0282. The smallest absolute Gasteiger partial charge is 0.320 e. The predicted molar refractivity (Wildman–Crippen MR) is 123 cm³/mol. The third kappa shape index (κ3) is 2.84. The Morgan fingerprint density at radius 1 is 0.765 bits per heavy atom. The lowest BCUT2D eigenvalue weighted by molar-refractivity contribution is -0.140. The summed E-state index contributed by atoms with van der Waals surface area (Å²) in [6, 6.07) is 4.84. The summed E-state index contributed by atoms with van der Waals surface area (Å²) in [5.41, 5.74) is 0.220.